The summed E-state index contributed by atoms with van der Waals surface area (Å²) in [5.41, 5.74) is -1.24. The Hall–Kier alpha value is -1.85. The highest BCUT2D eigenvalue weighted by Gasteiger charge is 2.14. The zero-order chi connectivity index (χ0) is 12.8. The molecule has 0 amide bonds. The van der Waals surface area contributed by atoms with E-state index in [1.165, 1.54) is 0 Å². The Balaban J connectivity index is 3.14. The van der Waals surface area contributed by atoms with E-state index in [-0.39, 0.29) is 12.2 Å². The zero-order valence-electron chi connectivity index (χ0n) is 9.99. The number of H-pyrrole nitrogens is 1. The first-order valence-corrected chi connectivity index (χ1v) is 5.61. The summed E-state index contributed by atoms with van der Waals surface area (Å²) >= 11 is 0. The number of carbonyl (C=O) groups excluding carboxylic acids is 1. The van der Waals surface area contributed by atoms with Gasteiger partial charge in [0.2, 0.25) is 0 Å². The van der Waals surface area contributed by atoms with Crippen molar-refractivity contribution in [3.8, 4) is 0 Å². The molecule has 17 heavy (non-hydrogen) atoms. The van der Waals surface area contributed by atoms with Gasteiger partial charge >= 0.3 is 11.7 Å². The quantitative estimate of drug-likeness (QED) is 0.760. The second-order valence-corrected chi connectivity index (χ2v) is 3.54. The molecule has 0 fully saturated rings. The molecule has 0 aliphatic carbocycles. The van der Waals surface area contributed by atoms with Crippen molar-refractivity contribution in [2.45, 2.75) is 33.2 Å². The van der Waals surface area contributed by atoms with Crippen LogP contribution in [-0.2, 0) is 11.3 Å². The van der Waals surface area contributed by atoms with E-state index in [1.54, 1.807) is 6.92 Å². The summed E-state index contributed by atoms with van der Waals surface area (Å²) in [6.07, 6.45) is 2.66. The second kappa shape index (κ2) is 6.03. The standard InChI is InChI=1S/C11H16N2O4/c1-3-5-6-13-9(14)8(7-12-11(13)16)10(15)17-4-2/h7H,3-6H2,1-2H3,(H,12,16). The number of rotatable bonds is 5. The molecule has 0 aromatic carbocycles. The summed E-state index contributed by atoms with van der Waals surface area (Å²) in [6, 6.07) is 0. The molecule has 6 heteroatoms. The molecule has 1 rings (SSSR count). The van der Waals surface area contributed by atoms with Gasteiger partial charge < -0.3 is 9.72 Å². The Morgan fingerprint density at radius 3 is 2.71 bits per heavy atom. The predicted molar refractivity (Wildman–Crippen MR) is 62.2 cm³/mol. The summed E-state index contributed by atoms with van der Waals surface area (Å²) < 4.78 is 5.76. The van der Waals surface area contributed by atoms with Gasteiger partial charge in [0.25, 0.3) is 5.56 Å². The largest absolute Gasteiger partial charge is 0.462 e. The Morgan fingerprint density at radius 1 is 1.41 bits per heavy atom. The van der Waals surface area contributed by atoms with Gasteiger partial charge in [0.1, 0.15) is 5.56 Å². The van der Waals surface area contributed by atoms with Crippen LogP contribution in [0.1, 0.15) is 37.0 Å². The lowest BCUT2D eigenvalue weighted by Crippen LogP contribution is -2.38. The van der Waals surface area contributed by atoms with Crippen LogP contribution in [0.3, 0.4) is 0 Å². The number of hydrogen-bond donors (Lipinski definition) is 1. The van der Waals surface area contributed by atoms with E-state index in [0.29, 0.717) is 13.0 Å². The first-order chi connectivity index (χ1) is 8.11. The predicted octanol–water partition coefficient (Wildman–Crippen LogP) is 0.513. The number of ether oxygens (including phenoxy) is 1. The van der Waals surface area contributed by atoms with Crippen LogP contribution in [0.15, 0.2) is 15.8 Å². The van der Waals surface area contributed by atoms with Gasteiger partial charge in [0.15, 0.2) is 0 Å². The summed E-state index contributed by atoms with van der Waals surface area (Å²) in [7, 11) is 0. The minimum Gasteiger partial charge on any atom is -0.462 e. The molecule has 94 valence electrons. The maximum absolute atomic E-state index is 11.9. The molecule has 1 aromatic rings. The highest BCUT2D eigenvalue weighted by Crippen LogP contribution is 1.93. The molecule has 0 atom stereocenters. The summed E-state index contributed by atoms with van der Waals surface area (Å²) in [5.74, 6) is -0.709. The lowest BCUT2D eigenvalue weighted by Gasteiger charge is -2.05. The third-order valence-electron chi connectivity index (χ3n) is 2.29. The van der Waals surface area contributed by atoms with Crippen molar-refractivity contribution in [3.63, 3.8) is 0 Å². The fourth-order valence-electron chi connectivity index (χ4n) is 1.39. The van der Waals surface area contributed by atoms with E-state index in [0.717, 1.165) is 17.2 Å². The fourth-order valence-corrected chi connectivity index (χ4v) is 1.39. The van der Waals surface area contributed by atoms with Crippen LogP contribution in [-0.4, -0.2) is 22.1 Å². The molecular formula is C11H16N2O4. The molecule has 1 aromatic heterocycles. The number of aromatic nitrogens is 2. The van der Waals surface area contributed by atoms with Crippen molar-refractivity contribution in [2.24, 2.45) is 0 Å². The van der Waals surface area contributed by atoms with Crippen LogP contribution in [0, 0.1) is 0 Å². The van der Waals surface area contributed by atoms with Gasteiger partial charge in [-0.15, -0.1) is 0 Å². The highest BCUT2D eigenvalue weighted by molar-refractivity contribution is 5.88. The van der Waals surface area contributed by atoms with Gasteiger partial charge in [-0.05, 0) is 13.3 Å². The Labute approximate surface area is 98.2 Å². The van der Waals surface area contributed by atoms with E-state index >= 15 is 0 Å². The van der Waals surface area contributed by atoms with E-state index in [4.69, 9.17) is 4.74 Å². The Kier molecular flexibility index (Phi) is 4.68. The van der Waals surface area contributed by atoms with Crippen molar-refractivity contribution < 1.29 is 9.53 Å². The third-order valence-corrected chi connectivity index (χ3v) is 2.29. The van der Waals surface area contributed by atoms with Gasteiger partial charge in [-0.2, -0.15) is 0 Å². The molecule has 6 nitrogen and oxygen atoms in total. The van der Waals surface area contributed by atoms with Crippen molar-refractivity contribution >= 4 is 5.97 Å². The van der Waals surface area contributed by atoms with E-state index < -0.39 is 17.2 Å². The number of esters is 1. The van der Waals surface area contributed by atoms with E-state index in [2.05, 4.69) is 4.98 Å². The minimum atomic E-state index is -0.709. The molecular weight excluding hydrogens is 224 g/mol. The average molecular weight is 240 g/mol. The summed E-state index contributed by atoms with van der Waals surface area (Å²) in [6.45, 7) is 4.10. The first kappa shape index (κ1) is 13.2. The first-order valence-electron chi connectivity index (χ1n) is 5.61. The van der Waals surface area contributed by atoms with Gasteiger partial charge in [-0.1, -0.05) is 13.3 Å². The normalized spacial score (nSPS) is 10.2. The number of aromatic amines is 1. The topological polar surface area (TPSA) is 81.2 Å². The molecule has 0 saturated carbocycles. The third kappa shape index (κ3) is 3.05. The molecule has 0 aliphatic heterocycles. The van der Waals surface area contributed by atoms with Gasteiger partial charge in [0, 0.05) is 12.7 Å². The lowest BCUT2D eigenvalue weighted by molar-refractivity contribution is 0.0522. The van der Waals surface area contributed by atoms with Crippen LogP contribution in [0.25, 0.3) is 0 Å². The summed E-state index contributed by atoms with van der Waals surface area (Å²) in [4.78, 5) is 37.1. The minimum absolute atomic E-state index is 0.137. The fraction of sp³-hybridized carbons (Fsp3) is 0.545. The molecule has 1 heterocycles. The van der Waals surface area contributed by atoms with Crippen LogP contribution in [0.4, 0.5) is 0 Å². The van der Waals surface area contributed by atoms with E-state index in [1.807, 2.05) is 6.92 Å². The number of nitrogens with zero attached hydrogens (tertiary/aromatic N) is 1. The van der Waals surface area contributed by atoms with Crippen LogP contribution >= 0.6 is 0 Å². The second-order valence-electron chi connectivity index (χ2n) is 3.54. The average Bonchev–Trinajstić information content (AvgIpc) is 2.29. The molecule has 1 N–H and O–H groups in total. The molecule has 0 saturated heterocycles. The number of nitrogens with one attached hydrogen (secondary N) is 1. The monoisotopic (exact) mass is 240 g/mol. The molecule has 0 spiro atoms. The van der Waals surface area contributed by atoms with Crippen LogP contribution in [0.2, 0.25) is 0 Å². The number of carbonyl (C=O) groups is 1. The van der Waals surface area contributed by atoms with Crippen molar-refractivity contribution in [1.82, 2.24) is 9.55 Å². The van der Waals surface area contributed by atoms with Gasteiger partial charge in [-0.3, -0.25) is 9.36 Å². The molecule has 0 aliphatic rings. The van der Waals surface area contributed by atoms with Crippen molar-refractivity contribution in [2.75, 3.05) is 6.61 Å². The molecule has 0 radical (unpaired) electrons. The number of hydrogen-bond acceptors (Lipinski definition) is 4. The zero-order valence-corrected chi connectivity index (χ0v) is 9.99. The highest BCUT2D eigenvalue weighted by atomic mass is 16.5. The SMILES string of the molecule is CCCCn1c(=O)[nH]cc(C(=O)OCC)c1=O. The smallest absolute Gasteiger partial charge is 0.345 e. The molecule has 0 bridgehead atoms. The number of unbranched alkanes of at least 4 members (excludes halogenated alkanes) is 1. The van der Waals surface area contributed by atoms with Crippen molar-refractivity contribution in [1.29, 1.82) is 0 Å². The Bertz CT molecular complexity index is 501. The lowest BCUT2D eigenvalue weighted by atomic mass is 10.3. The van der Waals surface area contributed by atoms with Crippen molar-refractivity contribution in [3.05, 3.63) is 32.6 Å². The summed E-state index contributed by atoms with van der Waals surface area (Å²) in [5, 5.41) is 0. The van der Waals surface area contributed by atoms with Gasteiger partial charge in [-0.25, -0.2) is 9.59 Å². The van der Waals surface area contributed by atoms with Crippen LogP contribution < -0.4 is 11.2 Å². The maximum Gasteiger partial charge on any atom is 0.345 e. The molecule has 0 unspecified atom stereocenters. The van der Waals surface area contributed by atoms with Crippen LogP contribution in [0.5, 0.6) is 0 Å². The van der Waals surface area contributed by atoms with Gasteiger partial charge in [0.05, 0.1) is 6.61 Å². The maximum atomic E-state index is 11.9. The Morgan fingerprint density at radius 2 is 2.12 bits per heavy atom. The van der Waals surface area contributed by atoms with E-state index in [9.17, 15) is 14.4 Å².